The van der Waals surface area contributed by atoms with Crippen molar-refractivity contribution in [2.24, 2.45) is 4.99 Å². The van der Waals surface area contributed by atoms with Crippen LogP contribution in [0.2, 0.25) is 0 Å². The molecular formula is C18H25N3O3. The summed E-state index contributed by atoms with van der Waals surface area (Å²) in [5, 5.41) is 6.55. The van der Waals surface area contributed by atoms with Gasteiger partial charge in [-0.1, -0.05) is 6.07 Å². The van der Waals surface area contributed by atoms with E-state index in [1.54, 1.807) is 20.4 Å². The Morgan fingerprint density at radius 2 is 2.08 bits per heavy atom. The lowest BCUT2D eigenvalue weighted by molar-refractivity contribution is 0.310. The van der Waals surface area contributed by atoms with Crippen LogP contribution in [0.4, 0.5) is 0 Å². The average Bonchev–Trinajstić information content (AvgIpc) is 3.12. The van der Waals surface area contributed by atoms with Crippen molar-refractivity contribution < 1.29 is 13.9 Å². The number of guanidine groups is 1. The second kappa shape index (κ2) is 9.50. The minimum absolute atomic E-state index is 0.600. The highest BCUT2D eigenvalue weighted by atomic mass is 16.5. The minimum atomic E-state index is 0.600. The Labute approximate surface area is 142 Å². The van der Waals surface area contributed by atoms with Crippen LogP contribution in [0.15, 0.2) is 46.0 Å². The number of methoxy groups -OCH3 is 1. The van der Waals surface area contributed by atoms with Crippen molar-refractivity contribution in [3.05, 3.63) is 47.9 Å². The van der Waals surface area contributed by atoms with E-state index in [2.05, 4.69) is 15.6 Å². The molecule has 0 saturated carbocycles. The lowest BCUT2D eigenvalue weighted by Gasteiger charge is -2.14. The molecule has 0 atom stereocenters. The number of furan rings is 1. The first-order valence-electron chi connectivity index (χ1n) is 8.03. The summed E-state index contributed by atoms with van der Waals surface area (Å²) in [4.78, 5) is 4.22. The molecule has 0 bridgehead atoms. The van der Waals surface area contributed by atoms with Gasteiger partial charge in [0, 0.05) is 26.6 Å². The van der Waals surface area contributed by atoms with Gasteiger partial charge in [0.05, 0.1) is 20.0 Å². The van der Waals surface area contributed by atoms with Crippen LogP contribution in [0, 0.1) is 0 Å². The molecule has 0 aliphatic rings. The van der Waals surface area contributed by atoms with Gasteiger partial charge >= 0.3 is 0 Å². The fourth-order valence-electron chi connectivity index (χ4n) is 2.26. The van der Waals surface area contributed by atoms with Gasteiger partial charge in [-0.05, 0) is 36.8 Å². The van der Waals surface area contributed by atoms with Gasteiger partial charge < -0.3 is 24.5 Å². The van der Waals surface area contributed by atoms with Gasteiger partial charge in [0.25, 0.3) is 0 Å². The van der Waals surface area contributed by atoms with E-state index in [0.29, 0.717) is 13.2 Å². The molecule has 0 spiro atoms. The van der Waals surface area contributed by atoms with Gasteiger partial charge in [0.1, 0.15) is 5.76 Å². The van der Waals surface area contributed by atoms with E-state index >= 15 is 0 Å². The van der Waals surface area contributed by atoms with Crippen molar-refractivity contribution in [1.82, 2.24) is 10.6 Å². The molecule has 1 aromatic heterocycles. The van der Waals surface area contributed by atoms with E-state index < -0.39 is 0 Å². The summed E-state index contributed by atoms with van der Waals surface area (Å²) < 4.78 is 16.2. The number of nitrogens with zero attached hydrogens (tertiary/aromatic N) is 1. The summed E-state index contributed by atoms with van der Waals surface area (Å²) in [5.41, 5.74) is 1.09. The Balaban J connectivity index is 1.84. The molecule has 0 fully saturated rings. The molecule has 24 heavy (non-hydrogen) atoms. The number of aliphatic imine (C=N–C) groups is 1. The zero-order valence-corrected chi connectivity index (χ0v) is 14.5. The molecule has 2 N–H and O–H groups in total. The SMILES string of the molecule is CCOc1cc(CNC(=NC)NCCc2ccco2)ccc1OC. The summed E-state index contributed by atoms with van der Waals surface area (Å²) in [6.07, 6.45) is 2.49. The Morgan fingerprint density at radius 1 is 1.21 bits per heavy atom. The number of ether oxygens (including phenoxy) is 2. The second-order valence-electron chi connectivity index (χ2n) is 5.10. The maximum absolute atomic E-state index is 5.60. The molecule has 0 saturated heterocycles. The highest BCUT2D eigenvalue weighted by molar-refractivity contribution is 5.79. The monoisotopic (exact) mass is 331 g/mol. The molecule has 0 radical (unpaired) electrons. The quantitative estimate of drug-likeness (QED) is 0.575. The summed E-state index contributed by atoms with van der Waals surface area (Å²) in [7, 11) is 3.39. The first-order valence-corrected chi connectivity index (χ1v) is 8.03. The third-order valence-electron chi connectivity index (χ3n) is 3.46. The highest BCUT2D eigenvalue weighted by Crippen LogP contribution is 2.27. The van der Waals surface area contributed by atoms with Gasteiger partial charge in [0.15, 0.2) is 17.5 Å². The van der Waals surface area contributed by atoms with E-state index in [1.807, 2.05) is 37.3 Å². The van der Waals surface area contributed by atoms with E-state index in [1.165, 1.54) is 0 Å². The van der Waals surface area contributed by atoms with Crippen molar-refractivity contribution in [2.75, 3.05) is 27.3 Å². The maximum atomic E-state index is 5.60. The van der Waals surface area contributed by atoms with Crippen molar-refractivity contribution in [3.63, 3.8) is 0 Å². The van der Waals surface area contributed by atoms with Crippen LogP contribution >= 0.6 is 0 Å². The van der Waals surface area contributed by atoms with Crippen molar-refractivity contribution >= 4 is 5.96 Å². The maximum Gasteiger partial charge on any atom is 0.191 e. The predicted molar refractivity (Wildman–Crippen MR) is 94.8 cm³/mol. The molecule has 2 rings (SSSR count). The molecule has 0 aliphatic heterocycles. The van der Waals surface area contributed by atoms with Crippen LogP contribution in [-0.4, -0.2) is 33.3 Å². The summed E-state index contributed by atoms with van der Waals surface area (Å²) >= 11 is 0. The zero-order valence-electron chi connectivity index (χ0n) is 14.5. The molecule has 0 amide bonds. The van der Waals surface area contributed by atoms with E-state index in [9.17, 15) is 0 Å². The fraction of sp³-hybridized carbons (Fsp3) is 0.389. The van der Waals surface area contributed by atoms with E-state index in [0.717, 1.165) is 41.7 Å². The van der Waals surface area contributed by atoms with Crippen molar-refractivity contribution in [3.8, 4) is 11.5 Å². The number of hydrogen-bond donors (Lipinski definition) is 2. The van der Waals surface area contributed by atoms with Crippen LogP contribution in [0.1, 0.15) is 18.2 Å². The summed E-state index contributed by atoms with van der Waals surface area (Å²) in [6, 6.07) is 9.75. The largest absolute Gasteiger partial charge is 0.493 e. The number of rotatable bonds is 8. The molecule has 2 aromatic rings. The normalized spacial score (nSPS) is 11.2. The Morgan fingerprint density at radius 3 is 2.75 bits per heavy atom. The second-order valence-corrected chi connectivity index (χ2v) is 5.10. The summed E-state index contributed by atoms with van der Waals surface area (Å²) in [5.74, 6) is 3.19. The summed E-state index contributed by atoms with van der Waals surface area (Å²) in [6.45, 7) is 3.95. The van der Waals surface area contributed by atoms with Gasteiger partial charge in [-0.3, -0.25) is 4.99 Å². The zero-order chi connectivity index (χ0) is 17.2. The first kappa shape index (κ1) is 17.7. The molecule has 0 unspecified atom stereocenters. The number of benzene rings is 1. The van der Waals surface area contributed by atoms with Gasteiger partial charge in [-0.2, -0.15) is 0 Å². The average molecular weight is 331 g/mol. The van der Waals surface area contributed by atoms with Crippen LogP contribution < -0.4 is 20.1 Å². The fourth-order valence-corrected chi connectivity index (χ4v) is 2.26. The molecule has 1 aromatic carbocycles. The Kier molecular flexibility index (Phi) is 7.01. The molecule has 0 aliphatic carbocycles. The van der Waals surface area contributed by atoms with Crippen LogP contribution in [-0.2, 0) is 13.0 Å². The van der Waals surface area contributed by atoms with Crippen LogP contribution in [0.5, 0.6) is 11.5 Å². The third-order valence-corrected chi connectivity index (χ3v) is 3.46. The van der Waals surface area contributed by atoms with Gasteiger partial charge in [-0.15, -0.1) is 0 Å². The van der Waals surface area contributed by atoms with Crippen LogP contribution in [0.3, 0.4) is 0 Å². The molecule has 6 heteroatoms. The topological polar surface area (TPSA) is 68.0 Å². The number of nitrogens with one attached hydrogen (secondary N) is 2. The van der Waals surface area contributed by atoms with Crippen molar-refractivity contribution in [1.29, 1.82) is 0 Å². The molecule has 130 valence electrons. The highest BCUT2D eigenvalue weighted by Gasteiger charge is 2.06. The van der Waals surface area contributed by atoms with Gasteiger partial charge in [0.2, 0.25) is 0 Å². The van der Waals surface area contributed by atoms with E-state index in [-0.39, 0.29) is 0 Å². The van der Waals surface area contributed by atoms with Gasteiger partial charge in [-0.25, -0.2) is 0 Å². The van der Waals surface area contributed by atoms with E-state index in [4.69, 9.17) is 13.9 Å². The van der Waals surface area contributed by atoms with Crippen molar-refractivity contribution in [2.45, 2.75) is 19.9 Å². The molecular weight excluding hydrogens is 306 g/mol. The Hall–Kier alpha value is -2.63. The minimum Gasteiger partial charge on any atom is -0.493 e. The molecule has 1 heterocycles. The standard InChI is InChI=1S/C18H25N3O3/c1-4-23-17-12-14(7-8-16(17)22-3)13-21-18(19-2)20-10-9-15-6-5-11-24-15/h5-8,11-12H,4,9-10,13H2,1-3H3,(H2,19,20,21). The third kappa shape index (κ3) is 5.22. The first-order chi connectivity index (χ1) is 11.8. The lowest BCUT2D eigenvalue weighted by Crippen LogP contribution is -2.37. The smallest absolute Gasteiger partial charge is 0.191 e. The Bertz CT molecular complexity index is 639. The van der Waals surface area contributed by atoms with Crippen LogP contribution in [0.25, 0.3) is 0 Å². The predicted octanol–water partition coefficient (Wildman–Crippen LogP) is 2.59. The number of hydrogen-bond acceptors (Lipinski definition) is 4. The molecule has 6 nitrogen and oxygen atoms in total. The lowest BCUT2D eigenvalue weighted by atomic mass is 10.2.